The van der Waals surface area contributed by atoms with E-state index in [1.54, 1.807) is 0 Å². The van der Waals surface area contributed by atoms with Crippen LogP contribution in [0.1, 0.15) is 0 Å². The van der Waals surface area contributed by atoms with E-state index in [2.05, 4.69) is 0 Å². The molecule has 0 N–H and O–H groups in total. The summed E-state index contributed by atoms with van der Waals surface area (Å²) >= 11 is 14.2. The summed E-state index contributed by atoms with van der Waals surface area (Å²) in [7, 11) is 0. The van der Waals surface area contributed by atoms with E-state index in [0.29, 0.717) is 0 Å². The summed E-state index contributed by atoms with van der Waals surface area (Å²) in [5.74, 6) is 0. The molecule has 36 valence electrons. The van der Waals surface area contributed by atoms with Gasteiger partial charge < -0.3 is 34.8 Å². The Kier molecular flexibility index (Phi) is 10.8. The van der Waals surface area contributed by atoms with Gasteiger partial charge in [0.25, 0.3) is 0 Å². The summed E-state index contributed by atoms with van der Waals surface area (Å²) in [5, 5.41) is 0. The van der Waals surface area contributed by atoms with Crippen molar-refractivity contribution in [1.82, 2.24) is 0 Å². The first-order chi connectivity index (χ1) is 1.73. The molecule has 0 nitrogen and oxygen atoms in total. The summed E-state index contributed by atoms with van der Waals surface area (Å²) in [6, 6.07) is 0. The second-order valence-corrected chi connectivity index (χ2v) is 1.93. The van der Waals surface area contributed by atoms with Crippen molar-refractivity contribution in [3.63, 3.8) is 0 Å². The van der Waals surface area contributed by atoms with Gasteiger partial charge >= 0.3 is 0 Å². The van der Waals surface area contributed by atoms with E-state index in [1.165, 1.54) is 0 Å². The van der Waals surface area contributed by atoms with Crippen LogP contribution in [0.2, 0.25) is 0 Å². The number of hydrogen-bond donors (Lipinski definition) is 0. The predicted octanol–water partition coefficient (Wildman–Crippen LogP) is 2.15. The molecule has 0 aromatic rings. The van der Waals surface area contributed by atoms with E-state index in [4.69, 9.17) is 34.8 Å². The summed E-state index contributed by atoms with van der Waals surface area (Å²) in [5.41, 5.74) is 0. The molecule has 4 heteroatoms. The van der Waals surface area contributed by atoms with Crippen LogP contribution in [0.25, 0.3) is 0 Å². The Morgan fingerprint density at radius 3 is 1.00 bits per heavy atom. The van der Waals surface area contributed by atoms with Gasteiger partial charge in [-0.1, -0.05) is 4.30 Å². The molecule has 0 fully saturated rings. The first kappa shape index (κ1) is 9.73. The van der Waals surface area contributed by atoms with Crippen molar-refractivity contribution in [2.24, 2.45) is 0 Å². The number of halogens is 3. The van der Waals surface area contributed by atoms with Gasteiger partial charge in [-0.3, -0.25) is 0 Å². The van der Waals surface area contributed by atoms with Crippen molar-refractivity contribution in [2.45, 2.75) is 0 Å². The van der Waals surface area contributed by atoms with Crippen molar-refractivity contribution >= 4 is 34.8 Å². The average molecular weight is 225 g/mol. The van der Waals surface area contributed by atoms with Crippen LogP contribution < -0.4 is 0 Å². The molecule has 0 bridgehead atoms. The second-order valence-electron chi connectivity index (χ2n) is 0.214. The van der Waals surface area contributed by atoms with Gasteiger partial charge in [-0.25, -0.2) is 0 Å². The zero-order chi connectivity index (χ0) is 3.58. The Balaban J connectivity index is 0. The Labute approximate surface area is 59.4 Å². The third kappa shape index (κ3) is 29.4. The number of hydrogen-bond acceptors (Lipinski definition) is 0. The van der Waals surface area contributed by atoms with E-state index in [0.717, 1.165) is 0 Å². The SMILES string of the molecule is Cl[C-](Cl)Cl.[Pd]. The zero-order valence-electron chi connectivity index (χ0n) is 1.95. The molecule has 0 aliphatic heterocycles. The Hall–Kier alpha value is 1.53. The minimum Gasteiger partial charge on any atom is -0.312 e. The standard InChI is InChI=1S/CCl3.Pd/c2-1(3)4;/q-1;. The molecule has 0 unspecified atom stereocenters. The van der Waals surface area contributed by atoms with Gasteiger partial charge in [-0.2, -0.15) is 0 Å². The molecule has 0 saturated carbocycles. The maximum atomic E-state index is 4.72. The van der Waals surface area contributed by atoms with Crippen LogP contribution in [0.5, 0.6) is 0 Å². The van der Waals surface area contributed by atoms with Crippen LogP contribution >= 0.6 is 34.8 Å². The topological polar surface area (TPSA) is 0 Å². The van der Waals surface area contributed by atoms with Crippen LogP contribution in [0.15, 0.2) is 0 Å². The van der Waals surface area contributed by atoms with Gasteiger partial charge in [0, 0.05) is 20.4 Å². The van der Waals surface area contributed by atoms with E-state index < -0.39 is 0 Å². The Bertz CT molecular complexity index is 11.6. The first-order valence-corrected chi connectivity index (χ1v) is 1.70. The van der Waals surface area contributed by atoms with Crippen molar-refractivity contribution in [3.05, 3.63) is 4.30 Å². The molecule has 0 aliphatic rings. The molecule has 0 heterocycles. The fourth-order valence-electron chi connectivity index (χ4n) is 0. The van der Waals surface area contributed by atoms with Crippen molar-refractivity contribution in [3.8, 4) is 0 Å². The molecular formula is CCl3Pd-. The van der Waals surface area contributed by atoms with E-state index in [9.17, 15) is 0 Å². The molecule has 0 aromatic heterocycles. The maximum absolute atomic E-state index is 4.72. The summed E-state index contributed by atoms with van der Waals surface area (Å²) in [6.07, 6.45) is 0. The van der Waals surface area contributed by atoms with Crippen molar-refractivity contribution < 1.29 is 20.4 Å². The van der Waals surface area contributed by atoms with Gasteiger partial charge in [0.15, 0.2) is 0 Å². The predicted molar refractivity (Wildman–Crippen MR) is 20.8 cm³/mol. The van der Waals surface area contributed by atoms with Crippen LogP contribution in [-0.2, 0) is 20.4 Å². The average Bonchev–Trinajstić information content (AvgIpc) is 0.811. The number of rotatable bonds is 0. The fraction of sp³-hybridized carbons (Fsp3) is 0. The van der Waals surface area contributed by atoms with Crippen LogP contribution in [-0.4, -0.2) is 0 Å². The van der Waals surface area contributed by atoms with Crippen molar-refractivity contribution in [2.75, 3.05) is 0 Å². The zero-order valence-corrected chi connectivity index (χ0v) is 5.77. The van der Waals surface area contributed by atoms with Crippen LogP contribution in [0.3, 0.4) is 0 Å². The van der Waals surface area contributed by atoms with Crippen LogP contribution in [0.4, 0.5) is 0 Å². The first-order valence-electron chi connectivity index (χ1n) is 0.567. The van der Waals surface area contributed by atoms with Crippen LogP contribution in [0, 0.1) is 4.30 Å². The summed E-state index contributed by atoms with van der Waals surface area (Å²) in [4.78, 5) is 0. The second kappa shape index (κ2) is 5.53. The Morgan fingerprint density at radius 1 is 1.00 bits per heavy atom. The largest absolute Gasteiger partial charge is 0.312 e. The minimum absolute atomic E-state index is 0. The molecule has 0 aliphatic carbocycles. The maximum Gasteiger partial charge on any atom is 0 e. The van der Waals surface area contributed by atoms with Gasteiger partial charge in [0.05, 0.1) is 0 Å². The quantitative estimate of drug-likeness (QED) is 0.437. The van der Waals surface area contributed by atoms with Gasteiger partial charge in [0.1, 0.15) is 0 Å². The van der Waals surface area contributed by atoms with Gasteiger partial charge in [-0.05, 0) is 0 Å². The third-order valence-electron chi connectivity index (χ3n) is 0. The molecular weight excluding hydrogens is 225 g/mol. The van der Waals surface area contributed by atoms with E-state index >= 15 is 0 Å². The minimum atomic E-state index is -0.167. The molecule has 0 radical (unpaired) electrons. The van der Waals surface area contributed by atoms with Gasteiger partial charge in [-0.15, -0.1) is 0 Å². The molecule has 0 atom stereocenters. The smallest absolute Gasteiger partial charge is 0 e. The molecule has 0 rings (SSSR count). The normalized spacial score (nSPS) is 7.20. The van der Waals surface area contributed by atoms with E-state index in [1.807, 2.05) is 0 Å². The monoisotopic (exact) mass is 223 g/mol. The van der Waals surface area contributed by atoms with Gasteiger partial charge in [0.2, 0.25) is 0 Å². The fourth-order valence-corrected chi connectivity index (χ4v) is 0. The summed E-state index contributed by atoms with van der Waals surface area (Å²) in [6.45, 7) is 0. The third-order valence-corrected chi connectivity index (χ3v) is 0. The van der Waals surface area contributed by atoms with E-state index in [-0.39, 0.29) is 24.7 Å². The summed E-state index contributed by atoms with van der Waals surface area (Å²) < 4.78 is -0.167. The molecule has 0 saturated heterocycles. The van der Waals surface area contributed by atoms with Crippen molar-refractivity contribution in [1.29, 1.82) is 0 Å². The molecule has 0 spiro atoms. The Morgan fingerprint density at radius 2 is 1.00 bits per heavy atom. The molecule has 0 aromatic carbocycles. The molecule has 5 heavy (non-hydrogen) atoms. The molecule has 0 amide bonds.